The Labute approximate surface area is 133 Å². The van der Waals surface area contributed by atoms with E-state index in [-0.39, 0.29) is 11.1 Å². The Kier molecular flexibility index (Phi) is 5.53. The van der Waals surface area contributed by atoms with E-state index < -0.39 is 11.7 Å². The zero-order valence-electron chi connectivity index (χ0n) is 12.5. The predicted molar refractivity (Wildman–Crippen MR) is 83.1 cm³/mol. The third-order valence-corrected chi connectivity index (χ3v) is 4.25. The van der Waals surface area contributed by atoms with Crippen molar-refractivity contribution in [2.45, 2.75) is 25.6 Å². The van der Waals surface area contributed by atoms with Gasteiger partial charge in [-0.05, 0) is 25.0 Å². The number of benzene rings is 1. The first-order valence-electron chi connectivity index (χ1n) is 7.25. The maximum absolute atomic E-state index is 13.1. The highest BCUT2D eigenvalue weighted by molar-refractivity contribution is 6.32. The van der Waals surface area contributed by atoms with Gasteiger partial charge in [0, 0.05) is 32.2 Å². The van der Waals surface area contributed by atoms with Crippen LogP contribution in [0.2, 0.25) is 5.02 Å². The highest BCUT2D eigenvalue weighted by Crippen LogP contribution is 2.40. The van der Waals surface area contributed by atoms with Gasteiger partial charge >= 0.3 is 6.18 Å². The number of rotatable bonds is 4. The average molecular weight is 333 g/mol. The lowest BCUT2D eigenvalue weighted by atomic mass is 9.96. The van der Waals surface area contributed by atoms with Crippen molar-refractivity contribution in [1.29, 1.82) is 0 Å². The van der Waals surface area contributed by atoms with Gasteiger partial charge in [-0.3, -0.25) is 4.90 Å². The fraction of sp³-hybridized carbons (Fsp3) is 0.500. The van der Waals surface area contributed by atoms with Crippen molar-refractivity contribution in [1.82, 2.24) is 10.2 Å². The molecule has 6 heteroatoms. The Morgan fingerprint density at radius 1 is 1.36 bits per heavy atom. The molecule has 1 aromatic rings. The molecule has 0 aromatic heterocycles. The lowest BCUT2D eigenvalue weighted by Gasteiger charge is -2.36. The molecule has 1 atom stereocenters. The number of nitrogens with zero attached hydrogens (tertiary/aromatic N) is 1. The molecule has 122 valence electrons. The summed E-state index contributed by atoms with van der Waals surface area (Å²) in [7, 11) is 0. The smallest absolute Gasteiger partial charge is 0.314 e. The van der Waals surface area contributed by atoms with Crippen molar-refractivity contribution in [3.8, 4) is 0 Å². The quantitative estimate of drug-likeness (QED) is 0.828. The topological polar surface area (TPSA) is 15.3 Å². The van der Waals surface area contributed by atoms with E-state index in [9.17, 15) is 13.2 Å². The minimum absolute atomic E-state index is 0.172. The van der Waals surface area contributed by atoms with Crippen LogP contribution < -0.4 is 5.32 Å². The number of hydrogen-bond acceptors (Lipinski definition) is 2. The zero-order chi connectivity index (χ0) is 16.3. The van der Waals surface area contributed by atoms with Crippen LogP contribution in [-0.2, 0) is 6.18 Å². The molecule has 22 heavy (non-hydrogen) atoms. The van der Waals surface area contributed by atoms with E-state index >= 15 is 0 Å². The summed E-state index contributed by atoms with van der Waals surface area (Å²) in [5.41, 5.74) is 0.687. The predicted octanol–water partition coefficient (Wildman–Crippen LogP) is 4.27. The van der Waals surface area contributed by atoms with Crippen LogP contribution in [0.25, 0.3) is 0 Å². The van der Waals surface area contributed by atoms with Crippen molar-refractivity contribution < 1.29 is 13.2 Å². The second-order valence-corrected chi connectivity index (χ2v) is 6.05. The molecule has 0 bridgehead atoms. The molecule has 0 spiro atoms. The van der Waals surface area contributed by atoms with Gasteiger partial charge in [-0.1, -0.05) is 29.3 Å². The number of hydrogen-bond donors (Lipinski definition) is 1. The molecule has 1 aliphatic rings. The molecule has 0 radical (unpaired) electrons. The first-order valence-corrected chi connectivity index (χ1v) is 7.63. The maximum atomic E-state index is 13.1. The zero-order valence-corrected chi connectivity index (χ0v) is 13.3. The van der Waals surface area contributed by atoms with Crippen molar-refractivity contribution in [2.75, 3.05) is 26.2 Å². The number of piperazine rings is 1. The summed E-state index contributed by atoms with van der Waals surface area (Å²) in [6.07, 6.45) is -3.84. The molecular weight excluding hydrogens is 313 g/mol. The van der Waals surface area contributed by atoms with Gasteiger partial charge in [0.1, 0.15) is 0 Å². The lowest BCUT2D eigenvalue weighted by Crippen LogP contribution is -2.45. The molecule has 0 amide bonds. The van der Waals surface area contributed by atoms with Crippen molar-refractivity contribution >= 4 is 11.6 Å². The van der Waals surface area contributed by atoms with E-state index in [1.165, 1.54) is 6.07 Å². The van der Waals surface area contributed by atoms with E-state index in [1.54, 1.807) is 6.07 Å². The number of nitrogens with one attached hydrogen (secondary N) is 1. The Hall–Kier alpha value is -1.04. The standard InChI is InChI=1S/C16H20ClF3N2/c1-11(2)10-14(22-8-6-21-7-9-22)12-4-3-5-13(15(12)17)16(18,19)20/h3-5,14,21H,1,6-10H2,2H3/t14-/m1/s1. The Balaban J connectivity index is 2.40. The third-order valence-electron chi connectivity index (χ3n) is 3.83. The van der Waals surface area contributed by atoms with Crippen LogP contribution in [0.3, 0.4) is 0 Å². The normalized spacial score (nSPS) is 18.2. The Morgan fingerprint density at radius 3 is 2.55 bits per heavy atom. The molecule has 0 saturated carbocycles. The van der Waals surface area contributed by atoms with Gasteiger partial charge in [0.25, 0.3) is 0 Å². The first kappa shape index (κ1) is 17.3. The minimum Gasteiger partial charge on any atom is -0.314 e. The number of alkyl halides is 3. The van der Waals surface area contributed by atoms with Crippen LogP contribution in [0.4, 0.5) is 13.2 Å². The van der Waals surface area contributed by atoms with Crippen LogP contribution in [0, 0.1) is 0 Å². The van der Waals surface area contributed by atoms with E-state index in [0.717, 1.165) is 37.8 Å². The molecule has 0 unspecified atom stereocenters. The van der Waals surface area contributed by atoms with Crippen molar-refractivity contribution in [2.24, 2.45) is 0 Å². The molecule has 1 N–H and O–H groups in total. The summed E-state index contributed by atoms with van der Waals surface area (Å²) in [5, 5.41) is 3.05. The monoisotopic (exact) mass is 332 g/mol. The Morgan fingerprint density at radius 2 is 2.00 bits per heavy atom. The summed E-state index contributed by atoms with van der Waals surface area (Å²) in [6, 6.07) is 3.97. The van der Waals surface area contributed by atoms with Crippen LogP contribution in [-0.4, -0.2) is 31.1 Å². The second-order valence-electron chi connectivity index (χ2n) is 5.67. The summed E-state index contributed by atoms with van der Waals surface area (Å²) in [4.78, 5) is 2.17. The molecular formula is C16H20ClF3N2. The highest BCUT2D eigenvalue weighted by Gasteiger charge is 2.35. The average Bonchev–Trinajstić information content (AvgIpc) is 2.45. The van der Waals surface area contributed by atoms with Gasteiger partial charge in [0.05, 0.1) is 10.6 Å². The fourth-order valence-corrected chi connectivity index (χ4v) is 3.14. The molecule has 2 nitrogen and oxygen atoms in total. The SMILES string of the molecule is C=C(C)C[C@H](c1cccc(C(F)(F)F)c1Cl)N1CCNCC1. The minimum atomic E-state index is -4.44. The molecule has 1 fully saturated rings. The largest absolute Gasteiger partial charge is 0.417 e. The molecule has 2 rings (SSSR count). The molecule has 0 aliphatic carbocycles. The summed E-state index contributed by atoms with van der Waals surface area (Å²) in [6.45, 7) is 9.00. The van der Waals surface area contributed by atoms with E-state index in [2.05, 4.69) is 16.8 Å². The van der Waals surface area contributed by atoms with Crippen LogP contribution >= 0.6 is 11.6 Å². The number of halogens is 4. The third kappa shape index (κ3) is 4.03. The van der Waals surface area contributed by atoms with Crippen molar-refractivity contribution in [3.63, 3.8) is 0 Å². The van der Waals surface area contributed by atoms with Gasteiger partial charge in [-0.2, -0.15) is 13.2 Å². The first-order chi connectivity index (χ1) is 10.3. The van der Waals surface area contributed by atoms with Crippen molar-refractivity contribution in [3.05, 3.63) is 46.5 Å². The maximum Gasteiger partial charge on any atom is 0.417 e. The summed E-state index contributed by atoms with van der Waals surface area (Å²) < 4.78 is 39.2. The van der Waals surface area contributed by atoms with E-state index in [0.29, 0.717) is 12.0 Å². The van der Waals surface area contributed by atoms with Gasteiger partial charge in [-0.15, -0.1) is 6.58 Å². The second kappa shape index (κ2) is 7.02. The molecule has 1 aromatic carbocycles. The van der Waals surface area contributed by atoms with Gasteiger partial charge in [-0.25, -0.2) is 0 Å². The van der Waals surface area contributed by atoms with Crippen LogP contribution in [0.5, 0.6) is 0 Å². The Bertz CT molecular complexity index is 537. The highest BCUT2D eigenvalue weighted by atomic mass is 35.5. The summed E-state index contributed by atoms with van der Waals surface area (Å²) in [5.74, 6) is 0. The lowest BCUT2D eigenvalue weighted by molar-refractivity contribution is -0.137. The van der Waals surface area contributed by atoms with Crippen LogP contribution in [0.15, 0.2) is 30.4 Å². The summed E-state index contributed by atoms with van der Waals surface area (Å²) >= 11 is 6.10. The fourth-order valence-electron chi connectivity index (χ4n) is 2.79. The molecule has 1 aliphatic heterocycles. The van der Waals surface area contributed by atoms with Crippen LogP contribution in [0.1, 0.15) is 30.5 Å². The molecule has 1 saturated heterocycles. The van der Waals surface area contributed by atoms with Gasteiger partial charge < -0.3 is 5.32 Å². The van der Waals surface area contributed by atoms with Gasteiger partial charge in [0.15, 0.2) is 0 Å². The van der Waals surface area contributed by atoms with E-state index in [4.69, 9.17) is 11.6 Å². The van der Waals surface area contributed by atoms with Gasteiger partial charge in [0.2, 0.25) is 0 Å². The molecule has 1 heterocycles. The van der Waals surface area contributed by atoms with E-state index in [1.807, 2.05) is 6.92 Å².